The van der Waals surface area contributed by atoms with E-state index < -0.39 is 0 Å². The van der Waals surface area contributed by atoms with Gasteiger partial charge >= 0.3 is 0 Å². The molecular formula is C14H17ClN2. The zero-order valence-corrected chi connectivity index (χ0v) is 10.6. The molecule has 2 nitrogen and oxygen atoms in total. The molecule has 1 saturated heterocycles. The third-order valence-electron chi connectivity index (χ3n) is 3.59. The van der Waals surface area contributed by atoms with Crippen molar-refractivity contribution in [3.8, 4) is 0 Å². The van der Waals surface area contributed by atoms with Crippen LogP contribution in [0, 0.1) is 0 Å². The van der Waals surface area contributed by atoms with Crippen LogP contribution in [0.4, 0.5) is 0 Å². The highest BCUT2D eigenvalue weighted by molar-refractivity contribution is 6.35. The monoisotopic (exact) mass is 248 g/mol. The van der Waals surface area contributed by atoms with Gasteiger partial charge in [-0.15, -0.1) is 0 Å². The lowest BCUT2D eigenvalue weighted by atomic mass is 10.1. The standard InChI is InChI=1S/C14H17ClN2/c15-13-6-4-5-12-11(9-16-14(12)13)10-17-7-2-1-3-8-17/h4-6,9,16H,1-3,7-8,10H2. The van der Waals surface area contributed by atoms with Crippen LogP contribution in [0.5, 0.6) is 0 Å². The molecule has 0 radical (unpaired) electrons. The molecule has 1 fully saturated rings. The van der Waals surface area contributed by atoms with Crippen LogP contribution >= 0.6 is 11.6 Å². The van der Waals surface area contributed by atoms with Gasteiger partial charge in [-0.1, -0.05) is 30.2 Å². The van der Waals surface area contributed by atoms with Gasteiger partial charge in [-0.25, -0.2) is 0 Å². The first-order valence-electron chi connectivity index (χ1n) is 6.31. The summed E-state index contributed by atoms with van der Waals surface area (Å²) in [5, 5.41) is 2.08. The fourth-order valence-corrected chi connectivity index (χ4v) is 2.89. The van der Waals surface area contributed by atoms with Crippen LogP contribution in [0.3, 0.4) is 0 Å². The molecule has 1 aromatic carbocycles. The normalized spacial score (nSPS) is 17.7. The van der Waals surface area contributed by atoms with Crippen LogP contribution in [0.1, 0.15) is 24.8 Å². The largest absolute Gasteiger partial charge is 0.360 e. The van der Waals surface area contributed by atoms with Gasteiger partial charge in [-0.3, -0.25) is 4.90 Å². The number of hydrogen-bond donors (Lipinski definition) is 1. The summed E-state index contributed by atoms with van der Waals surface area (Å²) in [4.78, 5) is 5.82. The first kappa shape index (κ1) is 11.1. The van der Waals surface area contributed by atoms with Crippen molar-refractivity contribution in [2.45, 2.75) is 25.8 Å². The van der Waals surface area contributed by atoms with Gasteiger partial charge in [0.1, 0.15) is 0 Å². The Labute approximate surface area is 107 Å². The Morgan fingerprint density at radius 1 is 1.18 bits per heavy atom. The van der Waals surface area contributed by atoms with Gasteiger partial charge in [-0.05, 0) is 37.6 Å². The zero-order valence-electron chi connectivity index (χ0n) is 9.88. The maximum absolute atomic E-state index is 6.17. The second kappa shape index (κ2) is 4.71. The van der Waals surface area contributed by atoms with Crippen molar-refractivity contribution < 1.29 is 0 Å². The number of nitrogens with zero attached hydrogens (tertiary/aromatic N) is 1. The van der Waals surface area contributed by atoms with E-state index in [1.54, 1.807) is 0 Å². The second-order valence-electron chi connectivity index (χ2n) is 4.81. The molecule has 17 heavy (non-hydrogen) atoms. The number of para-hydroxylation sites is 1. The first-order chi connectivity index (χ1) is 8.34. The zero-order chi connectivity index (χ0) is 11.7. The van der Waals surface area contributed by atoms with Crippen LogP contribution in [-0.2, 0) is 6.54 Å². The van der Waals surface area contributed by atoms with Crippen molar-refractivity contribution >= 4 is 22.5 Å². The van der Waals surface area contributed by atoms with E-state index in [2.05, 4.69) is 22.1 Å². The number of H-pyrrole nitrogens is 1. The topological polar surface area (TPSA) is 19.0 Å². The molecule has 2 heterocycles. The van der Waals surface area contributed by atoms with Crippen molar-refractivity contribution in [1.29, 1.82) is 0 Å². The van der Waals surface area contributed by atoms with E-state index in [4.69, 9.17) is 11.6 Å². The third kappa shape index (κ3) is 2.20. The second-order valence-corrected chi connectivity index (χ2v) is 5.22. The van der Waals surface area contributed by atoms with Crippen molar-refractivity contribution in [2.75, 3.05) is 13.1 Å². The fraction of sp³-hybridized carbons (Fsp3) is 0.429. The molecule has 0 bridgehead atoms. The summed E-state index contributed by atoms with van der Waals surface area (Å²) >= 11 is 6.17. The Kier molecular flexibility index (Phi) is 3.08. The predicted octanol–water partition coefficient (Wildman–Crippen LogP) is 3.81. The van der Waals surface area contributed by atoms with Crippen LogP contribution in [0.2, 0.25) is 5.02 Å². The quantitative estimate of drug-likeness (QED) is 0.856. The van der Waals surface area contributed by atoms with Crippen LogP contribution in [-0.4, -0.2) is 23.0 Å². The molecule has 0 aliphatic carbocycles. The Bertz CT molecular complexity index is 512. The van der Waals surface area contributed by atoms with Crippen LogP contribution < -0.4 is 0 Å². The van der Waals surface area contributed by atoms with E-state index >= 15 is 0 Å². The predicted molar refractivity (Wildman–Crippen MR) is 72.4 cm³/mol. The number of halogens is 1. The van der Waals surface area contributed by atoms with Gasteiger partial charge in [0.25, 0.3) is 0 Å². The summed E-state index contributed by atoms with van der Waals surface area (Å²) in [6.45, 7) is 3.50. The van der Waals surface area contributed by atoms with Crippen molar-refractivity contribution in [3.05, 3.63) is 35.0 Å². The molecule has 1 aromatic heterocycles. The average molecular weight is 249 g/mol. The van der Waals surface area contributed by atoms with E-state index in [0.29, 0.717) is 0 Å². The van der Waals surface area contributed by atoms with E-state index in [1.165, 1.54) is 43.3 Å². The van der Waals surface area contributed by atoms with Crippen molar-refractivity contribution in [1.82, 2.24) is 9.88 Å². The Hall–Kier alpha value is -0.990. The Balaban J connectivity index is 1.87. The molecule has 0 spiro atoms. The molecule has 1 N–H and O–H groups in total. The molecule has 1 aliphatic heterocycles. The summed E-state index contributed by atoms with van der Waals surface area (Å²) in [7, 11) is 0. The number of benzene rings is 1. The molecular weight excluding hydrogens is 232 g/mol. The summed E-state index contributed by atoms with van der Waals surface area (Å²) in [5.74, 6) is 0. The summed E-state index contributed by atoms with van der Waals surface area (Å²) in [5.41, 5.74) is 2.44. The van der Waals surface area contributed by atoms with Crippen LogP contribution in [0.15, 0.2) is 24.4 Å². The van der Waals surface area contributed by atoms with E-state index in [0.717, 1.165) is 17.1 Å². The molecule has 1 aliphatic rings. The van der Waals surface area contributed by atoms with Crippen LogP contribution in [0.25, 0.3) is 10.9 Å². The van der Waals surface area contributed by atoms with E-state index in [9.17, 15) is 0 Å². The smallest absolute Gasteiger partial charge is 0.0647 e. The number of aromatic amines is 1. The molecule has 2 aromatic rings. The lowest BCUT2D eigenvalue weighted by molar-refractivity contribution is 0.221. The van der Waals surface area contributed by atoms with Crippen molar-refractivity contribution in [3.63, 3.8) is 0 Å². The lowest BCUT2D eigenvalue weighted by Gasteiger charge is -2.26. The maximum atomic E-state index is 6.17. The minimum atomic E-state index is 0.812. The number of hydrogen-bond acceptors (Lipinski definition) is 1. The number of piperidine rings is 1. The molecule has 0 saturated carbocycles. The van der Waals surface area contributed by atoms with Gasteiger partial charge in [0.15, 0.2) is 0 Å². The summed E-state index contributed by atoms with van der Waals surface area (Å²) in [6, 6.07) is 6.11. The highest BCUT2D eigenvalue weighted by Gasteiger charge is 2.13. The lowest BCUT2D eigenvalue weighted by Crippen LogP contribution is -2.28. The average Bonchev–Trinajstić information content (AvgIpc) is 2.76. The van der Waals surface area contributed by atoms with Gasteiger partial charge < -0.3 is 4.98 Å². The number of fused-ring (bicyclic) bond motifs is 1. The first-order valence-corrected chi connectivity index (χ1v) is 6.69. The minimum Gasteiger partial charge on any atom is -0.360 e. The Morgan fingerprint density at radius 3 is 2.82 bits per heavy atom. The van der Waals surface area contributed by atoms with E-state index in [1.807, 2.05) is 12.1 Å². The molecule has 3 rings (SSSR count). The number of nitrogens with one attached hydrogen (secondary N) is 1. The molecule has 3 heteroatoms. The molecule has 90 valence electrons. The number of rotatable bonds is 2. The highest BCUT2D eigenvalue weighted by atomic mass is 35.5. The summed E-state index contributed by atoms with van der Waals surface area (Å²) < 4.78 is 0. The van der Waals surface area contributed by atoms with Gasteiger partial charge in [0.05, 0.1) is 10.5 Å². The number of aromatic nitrogens is 1. The van der Waals surface area contributed by atoms with Gasteiger partial charge in [0, 0.05) is 18.1 Å². The fourth-order valence-electron chi connectivity index (χ4n) is 2.66. The maximum Gasteiger partial charge on any atom is 0.0647 e. The minimum absolute atomic E-state index is 0.812. The van der Waals surface area contributed by atoms with Gasteiger partial charge in [0.2, 0.25) is 0 Å². The molecule has 0 atom stereocenters. The van der Waals surface area contributed by atoms with Crippen molar-refractivity contribution in [2.24, 2.45) is 0 Å². The Morgan fingerprint density at radius 2 is 2.00 bits per heavy atom. The van der Waals surface area contributed by atoms with Gasteiger partial charge in [-0.2, -0.15) is 0 Å². The number of likely N-dealkylation sites (tertiary alicyclic amines) is 1. The highest BCUT2D eigenvalue weighted by Crippen LogP contribution is 2.26. The van der Waals surface area contributed by atoms with E-state index in [-0.39, 0.29) is 0 Å². The SMILES string of the molecule is Clc1cccc2c(CN3CCCCC3)c[nH]c12. The third-order valence-corrected chi connectivity index (χ3v) is 3.91. The molecule has 0 amide bonds. The summed E-state index contributed by atoms with van der Waals surface area (Å²) in [6.07, 6.45) is 6.16. The molecule has 0 unspecified atom stereocenters.